The summed E-state index contributed by atoms with van der Waals surface area (Å²) in [6, 6.07) is 4.39. The molecule has 1 rings (SSSR count). The molecule has 0 saturated carbocycles. The summed E-state index contributed by atoms with van der Waals surface area (Å²) in [5, 5.41) is 2.68. The first-order chi connectivity index (χ1) is 7.58. The standard InChI is InChI=1S/C10H10ClNO4/c1-15-9(13)6-3-4-7(11)8(5-6)12-10(14)16-2/h3-5H,1-2H3,(H,12,14). The predicted octanol–water partition coefficient (Wildman–Crippen LogP) is 2.30. The number of methoxy groups -OCH3 is 2. The fourth-order valence-electron chi connectivity index (χ4n) is 1.03. The summed E-state index contributed by atoms with van der Waals surface area (Å²) in [6.07, 6.45) is -0.663. The van der Waals surface area contributed by atoms with Gasteiger partial charge in [-0.25, -0.2) is 9.59 Å². The summed E-state index contributed by atoms with van der Waals surface area (Å²) >= 11 is 5.82. The number of rotatable bonds is 2. The predicted molar refractivity (Wildman–Crippen MR) is 58.8 cm³/mol. The van der Waals surface area contributed by atoms with E-state index in [9.17, 15) is 9.59 Å². The summed E-state index contributed by atoms with van der Waals surface area (Å²) in [7, 11) is 2.50. The van der Waals surface area contributed by atoms with Gasteiger partial charge in [0.25, 0.3) is 0 Å². The van der Waals surface area contributed by atoms with Crippen molar-refractivity contribution in [3.63, 3.8) is 0 Å². The van der Waals surface area contributed by atoms with Crippen LogP contribution in [0, 0.1) is 0 Å². The van der Waals surface area contributed by atoms with Gasteiger partial charge in [0.2, 0.25) is 0 Å². The van der Waals surface area contributed by atoms with Crippen molar-refractivity contribution < 1.29 is 19.1 Å². The summed E-state index contributed by atoms with van der Waals surface area (Å²) in [4.78, 5) is 22.2. The van der Waals surface area contributed by atoms with Gasteiger partial charge in [-0.05, 0) is 18.2 Å². The van der Waals surface area contributed by atoms with E-state index in [1.54, 1.807) is 0 Å². The van der Waals surface area contributed by atoms with Crippen LogP contribution in [-0.4, -0.2) is 26.3 Å². The number of ether oxygens (including phenoxy) is 2. The normalized spacial score (nSPS) is 9.44. The molecule has 0 unspecified atom stereocenters. The van der Waals surface area contributed by atoms with E-state index in [1.165, 1.54) is 32.4 Å². The van der Waals surface area contributed by atoms with E-state index in [1.807, 2.05) is 0 Å². The van der Waals surface area contributed by atoms with Crippen molar-refractivity contribution in [2.24, 2.45) is 0 Å². The van der Waals surface area contributed by atoms with Gasteiger partial charge in [-0.1, -0.05) is 11.6 Å². The van der Waals surface area contributed by atoms with E-state index in [2.05, 4.69) is 14.8 Å². The molecule has 86 valence electrons. The molecule has 5 nitrogen and oxygen atoms in total. The van der Waals surface area contributed by atoms with Gasteiger partial charge in [0.15, 0.2) is 0 Å². The number of halogens is 1. The van der Waals surface area contributed by atoms with Gasteiger partial charge < -0.3 is 9.47 Å². The molecule has 0 aliphatic rings. The highest BCUT2D eigenvalue weighted by Gasteiger charge is 2.10. The van der Waals surface area contributed by atoms with Crippen molar-refractivity contribution in [3.8, 4) is 0 Å². The van der Waals surface area contributed by atoms with Crippen LogP contribution in [0.2, 0.25) is 5.02 Å². The van der Waals surface area contributed by atoms with Crippen molar-refractivity contribution in [1.82, 2.24) is 0 Å². The molecule has 0 radical (unpaired) electrons. The molecule has 0 saturated heterocycles. The first-order valence-electron chi connectivity index (χ1n) is 4.31. The van der Waals surface area contributed by atoms with E-state index >= 15 is 0 Å². The Labute approximate surface area is 97.3 Å². The SMILES string of the molecule is COC(=O)Nc1cc(C(=O)OC)ccc1Cl. The molecule has 1 amide bonds. The number of amides is 1. The minimum absolute atomic E-state index is 0.288. The van der Waals surface area contributed by atoms with Gasteiger partial charge in [0, 0.05) is 0 Å². The van der Waals surface area contributed by atoms with Gasteiger partial charge in [-0.15, -0.1) is 0 Å². The molecule has 1 aromatic carbocycles. The number of carbonyl (C=O) groups excluding carboxylic acids is 2. The molecule has 0 aliphatic heterocycles. The first kappa shape index (κ1) is 12.3. The van der Waals surface area contributed by atoms with Crippen molar-refractivity contribution >= 4 is 29.4 Å². The van der Waals surface area contributed by atoms with E-state index in [0.29, 0.717) is 10.6 Å². The third-order valence-electron chi connectivity index (χ3n) is 1.81. The maximum atomic E-state index is 11.2. The second kappa shape index (κ2) is 5.37. The largest absolute Gasteiger partial charge is 0.465 e. The van der Waals surface area contributed by atoms with Crippen LogP contribution in [0.3, 0.4) is 0 Å². The molecule has 0 spiro atoms. The van der Waals surface area contributed by atoms with Gasteiger partial charge in [0.1, 0.15) is 0 Å². The van der Waals surface area contributed by atoms with Gasteiger partial charge >= 0.3 is 12.1 Å². The van der Waals surface area contributed by atoms with Crippen LogP contribution in [0.15, 0.2) is 18.2 Å². The number of carbonyl (C=O) groups is 2. The molecule has 0 atom stereocenters. The smallest absolute Gasteiger partial charge is 0.411 e. The second-order valence-electron chi connectivity index (χ2n) is 2.80. The van der Waals surface area contributed by atoms with Crippen LogP contribution in [0.1, 0.15) is 10.4 Å². The maximum Gasteiger partial charge on any atom is 0.411 e. The molecule has 1 aromatic rings. The molecule has 6 heteroatoms. The van der Waals surface area contributed by atoms with Crippen molar-refractivity contribution in [2.45, 2.75) is 0 Å². The minimum Gasteiger partial charge on any atom is -0.465 e. The maximum absolute atomic E-state index is 11.2. The highest BCUT2D eigenvalue weighted by molar-refractivity contribution is 6.33. The molecule has 16 heavy (non-hydrogen) atoms. The Kier molecular flexibility index (Phi) is 4.13. The molecule has 0 bridgehead atoms. The van der Waals surface area contributed by atoms with E-state index < -0.39 is 12.1 Å². The van der Waals surface area contributed by atoms with Gasteiger partial charge in [-0.2, -0.15) is 0 Å². The first-order valence-corrected chi connectivity index (χ1v) is 4.69. The van der Waals surface area contributed by atoms with Crippen LogP contribution in [0.4, 0.5) is 10.5 Å². The minimum atomic E-state index is -0.663. The molecule has 1 N–H and O–H groups in total. The van der Waals surface area contributed by atoms with E-state index in [4.69, 9.17) is 11.6 Å². The summed E-state index contributed by atoms with van der Waals surface area (Å²) in [5.74, 6) is -0.510. The summed E-state index contributed by atoms with van der Waals surface area (Å²) in [5.41, 5.74) is 0.578. The highest BCUT2D eigenvalue weighted by atomic mass is 35.5. The van der Waals surface area contributed by atoms with Gasteiger partial charge in [0.05, 0.1) is 30.5 Å². The number of hydrogen-bond acceptors (Lipinski definition) is 4. The Morgan fingerprint density at radius 2 is 1.94 bits per heavy atom. The van der Waals surface area contributed by atoms with Crippen LogP contribution < -0.4 is 5.32 Å². The summed E-state index contributed by atoms with van der Waals surface area (Å²) in [6.45, 7) is 0. The Balaban J connectivity index is 2.99. The Morgan fingerprint density at radius 3 is 2.50 bits per heavy atom. The van der Waals surface area contributed by atoms with Crippen LogP contribution in [0.25, 0.3) is 0 Å². The fourth-order valence-corrected chi connectivity index (χ4v) is 1.19. The van der Waals surface area contributed by atoms with Crippen molar-refractivity contribution in [2.75, 3.05) is 19.5 Å². The quantitative estimate of drug-likeness (QED) is 0.810. The van der Waals surface area contributed by atoms with Crippen molar-refractivity contribution in [1.29, 1.82) is 0 Å². The summed E-state index contributed by atoms with van der Waals surface area (Å²) < 4.78 is 8.95. The van der Waals surface area contributed by atoms with Gasteiger partial charge in [-0.3, -0.25) is 5.32 Å². The fraction of sp³-hybridized carbons (Fsp3) is 0.200. The second-order valence-corrected chi connectivity index (χ2v) is 3.21. The monoisotopic (exact) mass is 243 g/mol. The number of esters is 1. The highest BCUT2D eigenvalue weighted by Crippen LogP contribution is 2.23. The van der Waals surface area contributed by atoms with Crippen LogP contribution >= 0.6 is 11.6 Å². The lowest BCUT2D eigenvalue weighted by Gasteiger charge is -2.07. The number of anilines is 1. The molecule has 0 aliphatic carbocycles. The molecule has 0 aromatic heterocycles. The molecule has 0 heterocycles. The van der Waals surface area contributed by atoms with Crippen LogP contribution in [-0.2, 0) is 9.47 Å². The molecular formula is C10H10ClNO4. The average molecular weight is 244 g/mol. The third-order valence-corrected chi connectivity index (χ3v) is 2.14. The lowest BCUT2D eigenvalue weighted by Crippen LogP contribution is -2.12. The zero-order chi connectivity index (χ0) is 12.1. The zero-order valence-electron chi connectivity index (χ0n) is 8.74. The lowest BCUT2D eigenvalue weighted by molar-refractivity contribution is 0.0600. The van der Waals surface area contributed by atoms with E-state index in [-0.39, 0.29) is 5.69 Å². The van der Waals surface area contributed by atoms with Crippen molar-refractivity contribution in [3.05, 3.63) is 28.8 Å². The molecule has 0 fully saturated rings. The molecular weight excluding hydrogens is 234 g/mol. The van der Waals surface area contributed by atoms with Crippen LogP contribution in [0.5, 0.6) is 0 Å². The average Bonchev–Trinajstić information content (AvgIpc) is 2.30. The third kappa shape index (κ3) is 2.87. The Hall–Kier alpha value is -1.75. The number of benzene rings is 1. The topological polar surface area (TPSA) is 64.6 Å². The lowest BCUT2D eigenvalue weighted by atomic mass is 10.2. The zero-order valence-corrected chi connectivity index (χ0v) is 9.50. The Bertz CT molecular complexity index is 419. The Morgan fingerprint density at radius 1 is 1.25 bits per heavy atom. The number of hydrogen-bond donors (Lipinski definition) is 1. The van der Waals surface area contributed by atoms with E-state index in [0.717, 1.165) is 0 Å². The number of nitrogens with one attached hydrogen (secondary N) is 1.